The summed E-state index contributed by atoms with van der Waals surface area (Å²) >= 11 is 0. The third-order valence-corrected chi connectivity index (χ3v) is 14.3. The molecule has 6 aliphatic rings. The first-order chi connectivity index (χ1) is 36.4. The standard InChI is InChI=1S/C12H25NO.2C11H23NO.C10H20FNO.C10H21NO.C9H18FNO/c1-11(2)14-9-5-7-13-8-6-12(3,4)10-13;1-10(2)13-7-5-6-12-8-11(3,4)9-12;1-11(2)13-10-6-9-12-7-4-3-5-8-12;1-9(2)13-7-3-5-12-6-4-10(11)8-12;1-10(2)12-9-5-8-11-6-3-4-7-11;1-8(2)12-5-3-4-11-6-9(10)7-11/h11H,5-10H2,1-4H3;10H,5-9H2,1-4H3;11H,3-10H2,1-2H3;9-10H,3-8H2,1-2H3;10H,3-9H2,1-2H3;8-9H,3-7H2,1-2H3. The van der Waals surface area contributed by atoms with E-state index in [2.05, 4.69) is 112 Å². The van der Waals surface area contributed by atoms with Crippen LogP contribution in [0, 0.1) is 10.8 Å². The van der Waals surface area contributed by atoms with Gasteiger partial charge in [0.1, 0.15) is 12.3 Å². The van der Waals surface area contributed by atoms with Crippen molar-refractivity contribution in [1.82, 2.24) is 29.4 Å². The molecule has 0 aliphatic carbocycles. The highest BCUT2D eigenvalue weighted by molar-refractivity contribution is 4.87. The fourth-order valence-corrected chi connectivity index (χ4v) is 10.2. The Bertz CT molecular complexity index is 1290. The molecule has 0 saturated carbocycles. The van der Waals surface area contributed by atoms with Crippen LogP contribution in [0.2, 0.25) is 0 Å². The minimum absolute atomic E-state index is 0.313. The largest absolute Gasteiger partial charge is 0.379 e. The highest BCUT2D eigenvalue weighted by atomic mass is 19.1. The Morgan fingerprint density at radius 2 is 0.636 bits per heavy atom. The number of likely N-dealkylation sites (tertiary alicyclic amines) is 6. The van der Waals surface area contributed by atoms with Crippen LogP contribution in [-0.2, 0) is 28.4 Å². The molecule has 0 aromatic rings. The normalized spacial score (nSPS) is 21.3. The summed E-state index contributed by atoms with van der Waals surface area (Å²) in [6.45, 7) is 59.4. The summed E-state index contributed by atoms with van der Waals surface area (Å²) in [5.74, 6) is 0. The van der Waals surface area contributed by atoms with Crippen molar-refractivity contribution in [1.29, 1.82) is 0 Å². The van der Waals surface area contributed by atoms with E-state index in [1.807, 2.05) is 27.7 Å². The van der Waals surface area contributed by atoms with E-state index in [1.165, 1.54) is 143 Å². The molecular formula is C63H130F2N6O6. The Labute approximate surface area is 476 Å². The number of hydrogen-bond donors (Lipinski definition) is 0. The maximum Gasteiger partial charge on any atom is 0.125 e. The summed E-state index contributed by atoms with van der Waals surface area (Å²) in [6.07, 6.45) is 16.8. The molecule has 6 fully saturated rings. The van der Waals surface area contributed by atoms with Gasteiger partial charge in [0.05, 0.1) is 36.6 Å². The number of nitrogens with zero attached hydrogens (tertiary/aromatic N) is 6. The van der Waals surface area contributed by atoms with Gasteiger partial charge in [-0.2, -0.15) is 0 Å². The molecule has 1 unspecified atom stereocenters. The lowest BCUT2D eigenvalue weighted by atomic mass is 9.84. The lowest BCUT2D eigenvalue weighted by Crippen LogP contribution is -2.53. The Morgan fingerprint density at radius 3 is 0.935 bits per heavy atom. The van der Waals surface area contributed by atoms with Gasteiger partial charge in [0.25, 0.3) is 0 Å². The maximum absolute atomic E-state index is 12.7. The van der Waals surface area contributed by atoms with E-state index in [9.17, 15) is 8.78 Å². The van der Waals surface area contributed by atoms with E-state index < -0.39 is 12.3 Å². The molecule has 6 saturated heterocycles. The quantitative estimate of drug-likeness (QED) is 0.0643. The molecule has 6 rings (SSSR count). The van der Waals surface area contributed by atoms with Crippen LogP contribution < -0.4 is 0 Å². The summed E-state index contributed by atoms with van der Waals surface area (Å²) in [5, 5.41) is 0. The molecule has 0 aromatic heterocycles. The van der Waals surface area contributed by atoms with Crippen molar-refractivity contribution in [2.24, 2.45) is 10.8 Å². The van der Waals surface area contributed by atoms with E-state index in [0.29, 0.717) is 73.5 Å². The van der Waals surface area contributed by atoms with Crippen LogP contribution >= 0.6 is 0 Å². The molecule has 1 atom stereocenters. The number of rotatable bonds is 30. The summed E-state index contributed by atoms with van der Waals surface area (Å²) in [6, 6.07) is 0. The Balaban J connectivity index is 0.000000462. The van der Waals surface area contributed by atoms with Crippen LogP contribution in [0.25, 0.3) is 0 Å². The highest BCUT2D eigenvalue weighted by Gasteiger charge is 2.33. The van der Waals surface area contributed by atoms with Gasteiger partial charge in [0.2, 0.25) is 0 Å². The van der Waals surface area contributed by atoms with Crippen molar-refractivity contribution in [2.75, 3.05) is 157 Å². The van der Waals surface area contributed by atoms with Crippen LogP contribution in [0.1, 0.15) is 194 Å². The predicted octanol–water partition coefficient (Wildman–Crippen LogP) is 12.2. The average Bonchev–Trinajstić information content (AvgIpc) is 4.10. The number of halogens is 2. The number of alkyl halides is 2. The van der Waals surface area contributed by atoms with Crippen LogP contribution in [-0.4, -0.2) is 236 Å². The van der Waals surface area contributed by atoms with Crippen molar-refractivity contribution in [2.45, 2.75) is 243 Å². The minimum Gasteiger partial charge on any atom is -0.379 e. The first kappa shape index (κ1) is 74.4. The molecular weight excluding hydrogens is 975 g/mol. The van der Waals surface area contributed by atoms with E-state index in [0.717, 1.165) is 72.1 Å². The van der Waals surface area contributed by atoms with Gasteiger partial charge in [-0.15, -0.1) is 0 Å². The molecule has 14 heteroatoms. The molecule has 0 bridgehead atoms. The highest BCUT2D eigenvalue weighted by Crippen LogP contribution is 2.29. The van der Waals surface area contributed by atoms with Crippen molar-refractivity contribution in [3.63, 3.8) is 0 Å². The van der Waals surface area contributed by atoms with E-state index in [-0.39, 0.29) is 0 Å². The van der Waals surface area contributed by atoms with Gasteiger partial charge in [-0.25, -0.2) is 8.78 Å². The fraction of sp³-hybridized carbons (Fsp3) is 1.00. The molecule has 0 aromatic carbocycles. The van der Waals surface area contributed by atoms with Gasteiger partial charge in [-0.1, -0.05) is 34.1 Å². The van der Waals surface area contributed by atoms with Gasteiger partial charge >= 0.3 is 0 Å². The van der Waals surface area contributed by atoms with Crippen LogP contribution in [0.5, 0.6) is 0 Å². The van der Waals surface area contributed by atoms with Gasteiger partial charge in [0, 0.05) is 125 Å². The predicted molar refractivity (Wildman–Crippen MR) is 323 cm³/mol. The van der Waals surface area contributed by atoms with E-state index in [1.54, 1.807) is 0 Å². The third kappa shape index (κ3) is 45.6. The zero-order valence-electron chi connectivity index (χ0n) is 53.7. The van der Waals surface area contributed by atoms with Crippen LogP contribution in [0.4, 0.5) is 8.78 Å². The van der Waals surface area contributed by atoms with Crippen molar-refractivity contribution in [3.8, 4) is 0 Å². The Kier molecular flexibility index (Phi) is 43.4. The Hall–Kier alpha value is -0.620. The molecule has 12 nitrogen and oxygen atoms in total. The number of hydrogen-bond acceptors (Lipinski definition) is 12. The second-order valence-electron chi connectivity index (χ2n) is 26.2. The average molecular weight is 1110 g/mol. The second kappa shape index (κ2) is 44.9. The number of piperidine rings is 1. The lowest BCUT2D eigenvalue weighted by molar-refractivity contribution is 0.0148. The monoisotopic (exact) mass is 1110 g/mol. The molecule has 0 spiro atoms. The molecule has 77 heavy (non-hydrogen) atoms. The first-order valence-electron chi connectivity index (χ1n) is 31.8. The van der Waals surface area contributed by atoms with Crippen LogP contribution in [0.3, 0.4) is 0 Å². The smallest absolute Gasteiger partial charge is 0.125 e. The van der Waals surface area contributed by atoms with Gasteiger partial charge in [-0.05, 0) is 204 Å². The molecule has 0 N–H and O–H groups in total. The molecule has 6 heterocycles. The number of ether oxygens (including phenoxy) is 6. The van der Waals surface area contributed by atoms with Crippen molar-refractivity contribution in [3.05, 3.63) is 0 Å². The van der Waals surface area contributed by atoms with E-state index >= 15 is 0 Å². The van der Waals surface area contributed by atoms with Gasteiger partial charge in [-0.3, -0.25) is 4.90 Å². The van der Waals surface area contributed by atoms with Crippen molar-refractivity contribution < 1.29 is 37.2 Å². The Morgan fingerprint density at radius 1 is 0.338 bits per heavy atom. The summed E-state index contributed by atoms with van der Waals surface area (Å²) in [5.41, 5.74) is 1.11. The SMILES string of the molecule is CC(C)OCCCN1CC(C)(C)C1.CC(C)OCCCN1CC(F)C1.CC(C)OCCCN1CCC(C)(C)C1.CC(C)OCCCN1CCC(F)C1.CC(C)OCCCN1CCCC1.CC(C)OCCCN1CCCCC1. The van der Waals surface area contributed by atoms with Gasteiger partial charge < -0.3 is 52.9 Å². The molecule has 0 radical (unpaired) electrons. The molecule has 462 valence electrons. The second-order valence-corrected chi connectivity index (χ2v) is 26.2. The lowest BCUT2D eigenvalue weighted by Gasteiger charge is -2.46. The zero-order chi connectivity index (χ0) is 57.5. The van der Waals surface area contributed by atoms with E-state index in [4.69, 9.17) is 28.4 Å². The van der Waals surface area contributed by atoms with Crippen LogP contribution in [0.15, 0.2) is 0 Å². The molecule has 0 amide bonds. The third-order valence-electron chi connectivity index (χ3n) is 14.3. The first-order valence-corrected chi connectivity index (χ1v) is 31.8. The maximum atomic E-state index is 12.7. The summed E-state index contributed by atoms with van der Waals surface area (Å²) in [4.78, 5) is 14.5. The minimum atomic E-state index is -0.592. The summed E-state index contributed by atoms with van der Waals surface area (Å²) < 4.78 is 57.8. The zero-order valence-corrected chi connectivity index (χ0v) is 53.7. The fourth-order valence-electron chi connectivity index (χ4n) is 10.2. The topological polar surface area (TPSA) is 74.8 Å². The van der Waals surface area contributed by atoms with Crippen molar-refractivity contribution >= 4 is 0 Å². The molecule has 6 aliphatic heterocycles. The van der Waals surface area contributed by atoms with Gasteiger partial charge in [0.15, 0.2) is 0 Å². The summed E-state index contributed by atoms with van der Waals surface area (Å²) in [7, 11) is 0.